The summed E-state index contributed by atoms with van der Waals surface area (Å²) in [5, 5.41) is 7.95. The van der Waals surface area contributed by atoms with E-state index < -0.39 is 0 Å². The van der Waals surface area contributed by atoms with Gasteiger partial charge in [-0.1, -0.05) is 23.4 Å². The lowest BCUT2D eigenvalue weighted by Crippen LogP contribution is -2.26. The summed E-state index contributed by atoms with van der Waals surface area (Å²) in [5.41, 5.74) is 3.11. The van der Waals surface area contributed by atoms with Crippen LogP contribution >= 0.6 is 0 Å². The Hall–Kier alpha value is -2.69. The van der Waals surface area contributed by atoms with E-state index in [4.69, 9.17) is 0 Å². The second-order valence-corrected chi connectivity index (χ2v) is 4.62. The molecule has 0 aliphatic heterocycles. The summed E-state index contributed by atoms with van der Waals surface area (Å²) in [6, 6.07) is 15.0. The van der Waals surface area contributed by atoms with Crippen molar-refractivity contribution in [3.05, 3.63) is 54.1 Å². The minimum absolute atomic E-state index is 0.0562. The van der Waals surface area contributed by atoms with E-state index in [1.54, 1.807) is 22.7 Å². The molecule has 3 aromatic rings. The number of aryl methyl sites for hydroxylation is 1. The highest BCUT2D eigenvalue weighted by molar-refractivity contribution is 6.07. The first-order valence-corrected chi connectivity index (χ1v) is 6.29. The molecule has 0 fully saturated rings. The highest BCUT2D eigenvalue weighted by Gasteiger charge is 2.14. The van der Waals surface area contributed by atoms with E-state index in [1.807, 2.05) is 49.5 Å². The number of fused-ring (bicyclic) bond motifs is 1. The zero-order valence-electron chi connectivity index (χ0n) is 11.3. The maximum Gasteiger partial charge on any atom is 0.258 e. The highest BCUT2D eigenvalue weighted by atomic mass is 16.2. The fraction of sp³-hybridized carbons (Fsp3) is 0.133. The number of carbonyl (C=O) groups excluding carboxylic acids is 1. The zero-order chi connectivity index (χ0) is 14.1. The van der Waals surface area contributed by atoms with Gasteiger partial charge < -0.3 is 4.90 Å². The van der Waals surface area contributed by atoms with Gasteiger partial charge in [-0.25, -0.2) is 4.68 Å². The van der Waals surface area contributed by atoms with Gasteiger partial charge in [-0.05, 0) is 30.3 Å². The van der Waals surface area contributed by atoms with Crippen LogP contribution in [0.4, 0.5) is 5.69 Å². The zero-order valence-corrected chi connectivity index (χ0v) is 11.3. The summed E-state index contributed by atoms with van der Waals surface area (Å²) in [6.45, 7) is 0. The summed E-state index contributed by atoms with van der Waals surface area (Å²) in [7, 11) is 3.58. The molecule has 0 aliphatic rings. The van der Waals surface area contributed by atoms with Crippen LogP contribution in [0.2, 0.25) is 0 Å². The summed E-state index contributed by atoms with van der Waals surface area (Å²) < 4.78 is 1.66. The summed E-state index contributed by atoms with van der Waals surface area (Å²) in [4.78, 5) is 14.1. The van der Waals surface area contributed by atoms with Gasteiger partial charge in [-0.3, -0.25) is 4.79 Å². The molecular formula is C15H14N4O. The van der Waals surface area contributed by atoms with Gasteiger partial charge in [0.15, 0.2) is 0 Å². The van der Waals surface area contributed by atoms with Gasteiger partial charge in [0.1, 0.15) is 5.52 Å². The number of rotatable bonds is 2. The van der Waals surface area contributed by atoms with Crippen molar-refractivity contribution in [2.75, 3.05) is 11.9 Å². The average molecular weight is 266 g/mol. The fourth-order valence-electron chi connectivity index (χ4n) is 2.13. The molecule has 5 heteroatoms. The molecule has 100 valence electrons. The number of amides is 1. The predicted octanol–water partition coefficient (Wildman–Crippen LogP) is 2.24. The predicted molar refractivity (Wildman–Crippen MR) is 77.7 cm³/mol. The van der Waals surface area contributed by atoms with Crippen LogP contribution in [0.5, 0.6) is 0 Å². The Kier molecular flexibility index (Phi) is 2.95. The minimum Gasteiger partial charge on any atom is -0.311 e. The van der Waals surface area contributed by atoms with Crippen molar-refractivity contribution < 1.29 is 4.79 Å². The van der Waals surface area contributed by atoms with Crippen LogP contribution in [-0.2, 0) is 7.05 Å². The Morgan fingerprint density at radius 1 is 1.15 bits per heavy atom. The largest absolute Gasteiger partial charge is 0.311 e. The van der Waals surface area contributed by atoms with Crippen molar-refractivity contribution in [1.29, 1.82) is 0 Å². The first-order valence-electron chi connectivity index (χ1n) is 6.29. The van der Waals surface area contributed by atoms with E-state index in [1.165, 1.54) is 0 Å². The summed E-state index contributed by atoms with van der Waals surface area (Å²) in [6.07, 6.45) is 0. The molecule has 0 radical (unpaired) electrons. The molecule has 1 heterocycles. The van der Waals surface area contributed by atoms with E-state index >= 15 is 0 Å². The Bertz CT molecular complexity index is 764. The summed E-state index contributed by atoms with van der Waals surface area (Å²) in [5.74, 6) is -0.0562. The molecule has 2 aromatic carbocycles. The molecule has 1 aromatic heterocycles. The van der Waals surface area contributed by atoms with Crippen molar-refractivity contribution in [3.8, 4) is 0 Å². The molecule has 0 N–H and O–H groups in total. The second kappa shape index (κ2) is 4.77. The molecule has 0 aliphatic carbocycles. The molecule has 0 atom stereocenters. The van der Waals surface area contributed by atoms with Gasteiger partial charge >= 0.3 is 0 Å². The molecule has 5 nitrogen and oxygen atoms in total. The van der Waals surface area contributed by atoms with Gasteiger partial charge in [0.25, 0.3) is 5.91 Å². The number of anilines is 1. The molecule has 0 saturated carbocycles. The number of benzene rings is 2. The number of hydrogen-bond donors (Lipinski definition) is 0. The van der Waals surface area contributed by atoms with Gasteiger partial charge in [-0.2, -0.15) is 0 Å². The molecule has 20 heavy (non-hydrogen) atoms. The van der Waals surface area contributed by atoms with E-state index in [9.17, 15) is 4.79 Å². The van der Waals surface area contributed by atoms with Gasteiger partial charge in [0.05, 0.1) is 5.52 Å². The SMILES string of the molecule is CN(C(=O)c1ccc2nnn(C)c2c1)c1ccccc1. The Morgan fingerprint density at radius 3 is 2.65 bits per heavy atom. The topological polar surface area (TPSA) is 51.0 Å². The van der Waals surface area contributed by atoms with Crippen LogP contribution in [0.3, 0.4) is 0 Å². The van der Waals surface area contributed by atoms with E-state index in [0.717, 1.165) is 16.7 Å². The number of hydrogen-bond acceptors (Lipinski definition) is 3. The standard InChI is InChI=1S/C15H14N4O/c1-18(12-6-4-3-5-7-12)15(20)11-8-9-13-14(10-11)19(2)17-16-13/h3-10H,1-2H3. The van der Waals surface area contributed by atoms with Crippen LogP contribution in [-0.4, -0.2) is 27.9 Å². The quantitative estimate of drug-likeness (QED) is 0.714. The van der Waals surface area contributed by atoms with Gasteiger partial charge in [-0.15, -0.1) is 5.10 Å². The van der Waals surface area contributed by atoms with E-state index in [-0.39, 0.29) is 5.91 Å². The average Bonchev–Trinajstić information content (AvgIpc) is 2.87. The van der Waals surface area contributed by atoms with Crippen molar-refractivity contribution in [3.63, 3.8) is 0 Å². The molecule has 0 saturated heterocycles. The third-order valence-corrected chi connectivity index (χ3v) is 3.31. The maximum atomic E-state index is 12.5. The third kappa shape index (κ3) is 2.03. The Morgan fingerprint density at radius 2 is 1.90 bits per heavy atom. The minimum atomic E-state index is -0.0562. The molecule has 0 spiro atoms. The normalized spacial score (nSPS) is 10.7. The van der Waals surface area contributed by atoms with E-state index in [2.05, 4.69) is 10.3 Å². The van der Waals surface area contributed by atoms with Gasteiger partial charge in [0.2, 0.25) is 0 Å². The van der Waals surface area contributed by atoms with Crippen molar-refractivity contribution >= 4 is 22.6 Å². The van der Waals surface area contributed by atoms with Crippen LogP contribution < -0.4 is 4.90 Å². The van der Waals surface area contributed by atoms with Crippen LogP contribution in [0, 0.1) is 0 Å². The van der Waals surface area contributed by atoms with Crippen molar-refractivity contribution in [2.45, 2.75) is 0 Å². The van der Waals surface area contributed by atoms with Crippen molar-refractivity contribution in [2.24, 2.45) is 7.05 Å². The third-order valence-electron chi connectivity index (χ3n) is 3.31. The summed E-state index contributed by atoms with van der Waals surface area (Å²) >= 11 is 0. The molecule has 1 amide bonds. The lowest BCUT2D eigenvalue weighted by Gasteiger charge is -2.17. The first kappa shape index (κ1) is 12.3. The number of nitrogens with zero attached hydrogens (tertiary/aromatic N) is 4. The van der Waals surface area contributed by atoms with Crippen LogP contribution in [0.1, 0.15) is 10.4 Å². The fourth-order valence-corrected chi connectivity index (χ4v) is 2.13. The van der Waals surface area contributed by atoms with Crippen molar-refractivity contribution in [1.82, 2.24) is 15.0 Å². The number of carbonyl (C=O) groups is 1. The highest BCUT2D eigenvalue weighted by Crippen LogP contribution is 2.17. The monoisotopic (exact) mass is 266 g/mol. The van der Waals surface area contributed by atoms with Gasteiger partial charge in [0, 0.05) is 25.3 Å². The Balaban J connectivity index is 1.98. The number of aromatic nitrogens is 3. The maximum absolute atomic E-state index is 12.5. The van der Waals surface area contributed by atoms with Crippen LogP contribution in [0.25, 0.3) is 11.0 Å². The lowest BCUT2D eigenvalue weighted by molar-refractivity contribution is 0.0993. The molecule has 3 rings (SSSR count). The lowest BCUT2D eigenvalue weighted by atomic mass is 10.1. The molecular weight excluding hydrogens is 252 g/mol. The van der Waals surface area contributed by atoms with E-state index in [0.29, 0.717) is 5.56 Å². The Labute approximate surface area is 116 Å². The molecule has 0 unspecified atom stereocenters. The van der Waals surface area contributed by atoms with Crippen LogP contribution in [0.15, 0.2) is 48.5 Å². The molecule has 0 bridgehead atoms. The smallest absolute Gasteiger partial charge is 0.258 e. The second-order valence-electron chi connectivity index (χ2n) is 4.62. The number of para-hydroxylation sites is 1. The first-order chi connectivity index (χ1) is 9.66.